The number of benzene rings is 1. The molecule has 5 heteroatoms. The predicted molar refractivity (Wildman–Crippen MR) is 79.1 cm³/mol. The van der Waals surface area contributed by atoms with E-state index in [1.807, 2.05) is 17.8 Å². The molecule has 0 bridgehead atoms. The first-order valence-electron chi connectivity index (χ1n) is 6.71. The molecular formula is C15H17FN2OS. The molecule has 20 heavy (non-hydrogen) atoms. The molecule has 1 aliphatic rings. The molecule has 1 aromatic carbocycles. The third-order valence-corrected chi connectivity index (χ3v) is 4.72. The van der Waals surface area contributed by atoms with E-state index in [1.165, 1.54) is 30.1 Å². The summed E-state index contributed by atoms with van der Waals surface area (Å²) in [5.74, 6) is 3.45. The summed E-state index contributed by atoms with van der Waals surface area (Å²) in [5, 5.41) is 0. The molecule has 106 valence electrons. The molecule has 3 nitrogen and oxygen atoms in total. The van der Waals surface area contributed by atoms with Crippen LogP contribution in [0.3, 0.4) is 0 Å². The second-order valence-corrected chi connectivity index (χ2v) is 6.21. The van der Waals surface area contributed by atoms with Gasteiger partial charge in [-0.1, -0.05) is 12.1 Å². The predicted octanol–water partition coefficient (Wildman–Crippen LogP) is 3.42. The molecule has 0 saturated carbocycles. The number of oxazole rings is 1. The Labute approximate surface area is 122 Å². The lowest BCUT2D eigenvalue weighted by molar-refractivity contribution is 0.230. The summed E-state index contributed by atoms with van der Waals surface area (Å²) >= 11 is 1.99. The van der Waals surface area contributed by atoms with Crippen LogP contribution in [0.2, 0.25) is 0 Å². The van der Waals surface area contributed by atoms with Gasteiger partial charge in [0.1, 0.15) is 5.82 Å². The second-order valence-electron chi connectivity index (χ2n) is 5.06. The molecule has 0 spiro atoms. The van der Waals surface area contributed by atoms with Crippen molar-refractivity contribution in [3.8, 4) is 11.3 Å². The van der Waals surface area contributed by atoms with Crippen LogP contribution in [0.4, 0.5) is 4.39 Å². The van der Waals surface area contributed by atoms with Crippen molar-refractivity contribution in [2.75, 3.05) is 18.6 Å². The van der Waals surface area contributed by atoms with Crippen molar-refractivity contribution in [2.45, 2.75) is 19.0 Å². The van der Waals surface area contributed by atoms with Crippen molar-refractivity contribution in [1.82, 2.24) is 9.88 Å². The van der Waals surface area contributed by atoms with Gasteiger partial charge in [-0.3, -0.25) is 4.90 Å². The van der Waals surface area contributed by atoms with Gasteiger partial charge in [-0.15, -0.1) is 0 Å². The first kappa shape index (κ1) is 13.6. The average molecular weight is 292 g/mol. The van der Waals surface area contributed by atoms with E-state index in [-0.39, 0.29) is 5.82 Å². The van der Waals surface area contributed by atoms with Crippen LogP contribution in [0.15, 0.2) is 34.9 Å². The van der Waals surface area contributed by atoms with Gasteiger partial charge >= 0.3 is 0 Å². The van der Waals surface area contributed by atoms with E-state index in [0.717, 1.165) is 5.56 Å². The Balaban J connectivity index is 1.70. The Bertz CT molecular complexity index is 581. The maximum atomic E-state index is 13.2. The quantitative estimate of drug-likeness (QED) is 0.863. The Morgan fingerprint density at radius 1 is 1.50 bits per heavy atom. The van der Waals surface area contributed by atoms with Gasteiger partial charge in [0, 0.05) is 17.4 Å². The molecule has 1 fully saturated rings. The Morgan fingerprint density at radius 2 is 2.40 bits per heavy atom. The minimum atomic E-state index is -0.263. The molecular weight excluding hydrogens is 275 g/mol. The zero-order valence-corrected chi connectivity index (χ0v) is 12.2. The third-order valence-electron chi connectivity index (χ3n) is 3.58. The zero-order chi connectivity index (χ0) is 13.9. The summed E-state index contributed by atoms with van der Waals surface area (Å²) in [6.45, 7) is 0.695. The minimum Gasteiger partial charge on any atom is -0.439 e. The SMILES string of the molecule is CN(Cc1ncc(-c2cccc(F)c2)o1)[C@@H]1CCSC1. The monoisotopic (exact) mass is 292 g/mol. The molecule has 0 aliphatic carbocycles. The maximum Gasteiger partial charge on any atom is 0.209 e. The van der Waals surface area contributed by atoms with Crippen LogP contribution in [-0.2, 0) is 6.54 Å². The standard InChI is InChI=1S/C15H17FN2OS/c1-18(13-5-6-20-10-13)9-15-17-8-14(19-15)11-3-2-4-12(16)7-11/h2-4,7-8,13H,5-6,9-10H2,1H3/t13-/m1/s1. The van der Waals surface area contributed by atoms with Crippen LogP contribution in [0.5, 0.6) is 0 Å². The molecule has 1 aliphatic heterocycles. The Hall–Kier alpha value is -1.33. The maximum absolute atomic E-state index is 13.2. The highest BCUT2D eigenvalue weighted by molar-refractivity contribution is 7.99. The van der Waals surface area contributed by atoms with Crippen molar-refractivity contribution in [1.29, 1.82) is 0 Å². The van der Waals surface area contributed by atoms with Crippen molar-refractivity contribution in [2.24, 2.45) is 0 Å². The van der Waals surface area contributed by atoms with Crippen molar-refractivity contribution in [3.05, 3.63) is 42.2 Å². The van der Waals surface area contributed by atoms with Gasteiger partial charge in [0.25, 0.3) is 0 Å². The lowest BCUT2D eigenvalue weighted by Gasteiger charge is -2.21. The van der Waals surface area contributed by atoms with Crippen LogP contribution in [-0.4, -0.2) is 34.5 Å². The smallest absolute Gasteiger partial charge is 0.209 e. The van der Waals surface area contributed by atoms with Crippen molar-refractivity contribution in [3.63, 3.8) is 0 Å². The summed E-state index contributed by atoms with van der Waals surface area (Å²) in [7, 11) is 2.10. The molecule has 1 saturated heterocycles. The van der Waals surface area contributed by atoms with Crippen molar-refractivity contribution >= 4 is 11.8 Å². The second kappa shape index (κ2) is 5.97. The minimum absolute atomic E-state index is 0.263. The lowest BCUT2D eigenvalue weighted by Crippen LogP contribution is -2.30. The fourth-order valence-electron chi connectivity index (χ4n) is 2.37. The van der Waals surface area contributed by atoms with Gasteiger partial charge < -0.3 is 4.42 Å². The summed E-state index contributed by atoms with van der Waals surface area (Å²) in [4.78, 5) is 6.57. The number of nitrogens with zero attached hydrogens (tertiary/aromatic N) is 2. The van der Waals surface area contributed by atoms with E-state index < -0.39 is 0 Å². The number of hydrogen-bond donors (Lipinski definition) is 0. The first-order valence-corrected chi connectivity index (χ1v) is 7.86. The van der Waals surface area contributed by atoms with E-state index >= 15 is 0 Å². The topological polar surface area (TPSA) is 29.3 Å². The molecule has 0 N–H and O–H groups in total. The van der Waals surface area contributed by atoms with Crippen LogP contribution >= 0.6 is 11.8 Å². The number of rotatable bonds is 4. The third kappa shape index (κ3) is 3.04. The number of halogens is 1. The van der Waals surface area contributed by atoms with E-state index in [0.29, 0.717) is 24.2 Å². The van der Waals surface area contributed by atoms with Gasteiger partial charge in [0.2, 0.25) is 5.89 Å². The highest BCUT2D eigenvalue weighted by Gasteiger charge is 2.21. The van der Waals surface area contributed by atoms with E-state index in [9.17, 15) is 4.39 Å². The van der Waals surface area contributed by atoms with Gasteiger partial charge in [-0.25, -0.2) is 9.37 Å². The number of thioether (sulfide) groups is 1. The van der Waals surface area contributed by atoms with Crippen LogP contribution in [0.1, 0.15) is 12.3 Å². The van der Waals surface area contributed by atoms with Gasteiger partial charge in [0.15, 0.2) is 5.76 Å². The first-order chi connectivity index (χ1) is 9.72. The zero-order valence-electron chi connectivity index (χ0n) is 11.4. The molecule has 3 rings (SSSR count). The van der Waals surface area contributed by atoms with Gasteiger partial charge in [-0.05, 0) is 31.4 Å². The summed E-state index contributed by atoms with van der Waals surface area (Å²) in [5.41, 5.74) is 0.725. The van der Waals surface area contributed by atoms with Crippen LogP contribution in [0.25, 0.3) is 11.3 Å². The molecule has 2 heterocycles. The number of aromatic nitrogens is 1. The highest BCUT2D eigenvalue weighted by Crippen LogP contribution is 2.24. The van der Waals surface area contributed by atoms with E-state index in [1.54, 1.807) is 12.3 Å². The summed E-state index contributed by atoms with van der Waals surface area (Å²) < 4.78 is 18.9. The van der Waals surface area contributed by atoms with Crippen LogP contribution in [0, 0.1) is 5.82 Å². The molecule has 2 aromatic rings. The van der Waals surface area contributed by atoms with Crippen molar-refractivity contribution < 1.29 is 8.81 Å². The Kier molecular flexibility index (Phi) is 4.08. The number of hydrogen-bond acceptors (Lipinski definition) is 4. The summed E-state index contributed by atoms with van der Waals surface area (Å²) in [6, 6.07) is 6.98. The van der Waals surface area contributed by atoms with E-state index in [2.05, 4.69) is 16.9 Å². The highest BCUT2D eigenvalue weighted by atomic mass is 32.2. The molecule has 0 amide bonds. The van der Waals surface area contributed by atoms with Crippen LogP contribution < -0.4 is 0 Å². The largest absolute Gasteiger partial charge is 0.439 e. The lowest BCUT2D eigenvalue weighted by atomic mass is 10.2. The van der Waals surface area contributed by atoms with Gasteiger partial charge in [-0.2, -0.15) is 11.8 Å². The fourth-order valence-corrected chi connectivity index (χ4v) is 3.67. The summed E-state index contributed by atoms with van der Waals surface area (Å²) in [6.07, 6.45) is 2.89. The van der Waals surface area contributed by atoms with Gasteiger partial charge in [0.05, 0.1) is 12.7 Å². The molecule has 1 aromatic heterocycles. The molecule has 1 atom stereocenters. The fraction of sp³-hybridized carbons (Fsp3) is 0.400. The van der Waals surface area contributed by atoms with E-state index in [4.69, 9.17) is 4.42 Å². The molecule has 0 unspecified atom stereocenters. The molecule has 0 radical (unpaired) electrons. The average Bonchev–Trinajstić information content (AvgIpc) is 3.10. The Morgan fingerprint density at radius 3 is 3.15 bits per heavy atom. The normalized spacial score (nSPS) is 18.9.